The Labute approximate surface area is 171 Å². The van der Waals surface area contributed by atoms with E-state index in [4.69, 9.17) is 11.5 Å². The van der Waals surface area contributed by atoms with Crippen molar-refractivity contribution < 1.29 is 23.7 Å². The predicted molar refractivity (Wildman–Crippen MR) is 108 cm³/mol. The molecule has 29 heavy (non-hydrogen) atoms. The van der Waals surface area contributed by atoms with Gasteiger partial charge in [-0.25, -0.2) is 9.78 Å². The fraction of sp³-hybridized carbons (Fsp3) is 0.647. The molecular formula is C17H30N6O5S. The van der Waals surface area contributed by atoms with Crippen molar-refractivity contribution >= 4 is 28.6 Å². The first-order valence-corrected chi connectivity index (χ1v) is 11.0. The lowest BCUT2D eigenvalue weighted by molar-refractivity contribution is -0.142. The first-order chi connectivity index (χ1) is 13.7. The number of carbonyl (C=O) groups excluding carboxylic acids is 2. The van der Waals surface area contributed by atoms with E-state index in [1.165, 1.54) is 18.8 Å². The van der Waals surface area contributed by atoms with E-state index in [1.54, 1.807) is 0 Å². The van der Waals surface area contributed by atoms with Gasteiger partial charge in [0.1, 0.15) is 12.1 Å². The van der Waals surface area contributed by atoms with Gasteiger partial charge in [-0.15, -0.1) is 0 Å². The van der Waals surface area contributed by atoms with Crippen LogP contribution in [0.3, 0.4) is 0 Å². The zero-order chi connectivity index (χ0) is 21.8. The number of aromatic amines is 1. The maximum atomic E-state index is 12.7. The molecule has 0 aliphatic rings. The molecule has 0 saturated carbocycles. The topological polar surface area (TPSA) is 193 Å². The van der Waals surface area contributed by atoms with Crippen LogP contribution in [0, 0.1) is 0 Å². The third kappa shape index (κ3) is 9.63. The van der Waals surface area contributed by atoms with E-state index in [0.29, 0.717) is 25.1 Å². The van der Waals surface area contributed by atoms with E-state index in [-0.39, 0.29) is 25.0 Å². The van der Waals surface area contributed by atoms with Gasteiger partial charge in [0.2, 0.25) is 11.8 Å². The number of aliphatic carboxylic acids is 1. The van der Waals surface area contributed by atoms with Crippen molar-refractivity contribution in [3.05, 3.63) is 18.2 Å². The standard InChI is InChI=1S/C17H30N6O5S/c1-29(28)7-5-12(19)15(24)23-14(8-11-9-20-10-21-11)16(25)22-13(17(26)27)4-2-3-6-18/h9-10,12-14H,2-8,18-19H2,1H3,(H,20,21)(H,22,25)(H,23,24)(H,26,27). The van der Waals surface area contributed by atoms with Crippen molar-refractivity contribution in [2.24, 2.45) is 11.5 Å². The van der Waals surface area contributed by atoms with Crippen LogP contribution in [0.1, 0.15) is 31.4 Å². The van der Waals surface area contributed by atoms with Crippen molar-refractivity contribution in [2.45, 2.75) is 50.2 Å². The van der Waals surface area contributed by atoms with Gasteiger partial charge in [0, 0.05) is 41.1 Å². The number of carboxylic acid groups (broad SMARTS) is 1. The number of unbranched alkanes of at least 4 members (excludes halogenated alkanes) is 1. The molecule has 1 aromatic heterocycles. The summed E-state index contributed by atoms with van der Waals surface area (Å²) >= 11 is 0. The predicted octanol–water partition coefficient (Wildman–Crippen LogP) is -1.77. The van der Waals surface area contributed by atoms with Gasteiger partial charge in [-0.2, -0.15) is 0 Å². The molecule has 0 spiro atoms. The number of rotatable bonds is 14. The molecule has 0 fully saturated rings. The Balaban J connectivity index is 2.81. The molecule has 0 bridgehead atoms. The Morgan fingerprint density at radius 1 is 1.21 bits per heavy atom. The number of H-pyrrole nitrogens is 1. The lowest BCUT2D eigenvalue weighted by Crippen LogP contribution is -2.55. The molecule has 1 heterocycles. The Bertz CT molecular complexity index is 684. The van der Waals surface area contributed by atoms with Crippen molar-refractivity contribution in [1.82, 2.24) is 20.6 Å². The number of aromatic nitrogens is 2. The number of hydrogen-bond acceptors (Lipinski definition) is 7. The van der Waals surface area contributed by atoms with Crippen LogP contribution >= 0.6 is 0 Å². The normalized spacial score (nSPS) is 15.1. The molecule has 0 aliphatic carbocycles. The van der Waals surface area contributed by atoms with E-state index >= 15 is 0 Å². The number of amides is 2. The summed E-state index contributed by atoms with van der Waals surface area (Å²) in [5.41, 5.74) is 11.8. The molecule has 0 saturated heterocycles. The van der Waals surface area contributed by atoms with E-state index in [9.17, 15) is 23.7 Å². The number of hydrogen-bond donors (Lipinski definition) is 6. The Morgan fingerprint density at radius 2 is 1.90 bits per heavy atom. The van der Waals surface area contributed by atoms with Crippen LogP contribution < -0.4 is 22.1 Å². The number of nitrogens with two attached hydrogens (primary N) is 2. The van der Waals surface area contributed by atoms with Crippen LogP contribution in [-0.2, 0) is 31.6 Å². The Morgan fingerprint density at radius 3 is 2.45 bits per heavy atom. The zero-order valence-electron chi connectivity index (χ0n) is 16.4. The van der Waals surface area contributed by atoms with E-state index in [0.717, 1.165) is 0 Å². The minimum Gasteiger partial charge on any atom is -0.480 e. The Kier molecular flexibility index (Phi) is 11.1. The summed E-state index contributed by atoms with van der Waals surface area (Å²) in [6.07, 6.45) is 6.14. The summed E-state index contributed by atoms with van der Waals surface area (Å²) in [7, 11) is -1.09. The fourth-order valence-electron chi connectivity index (χ4n) is 2.55. The first-order valence-electron chi connectivity index (χ1n) is 9.31. The van der Waals surface area contributed by atoms with E-state index in [1.807, 2.05) is 0 Å². The number of nitrogens with zero attached hydrogens (tertiary/aromatic N) is 1. The molecule has 0 aliphatic heterocycles. The van der Waals surface area contributed by atoms with Gasteiger partial charge in [-0.1, -0.05) is 0 Å². The van der Waals surface area contributed by atoms with Gasteiger partial charge in [0.05, 0.1) is 12.4 Å². The minimum absolute atomic E-state index is 0.0825. The highest BCUT2D eigenvalue weighted by Crippen LogP contribution is 2.05. The van der Waals surface area contributed by atoms with Crippen molar-refractivity contribution in [3.63, 3.8) is 0 Å². The summed E-state index contributed by atoms with van der Waals surface area (Å²) in [6.45, 7) is 0.430. The first kappa shape index (κ1) is 24.7. The molecule has 2 amide bonds. The Hall–Kier alpha value is -2.31. The molecular weight excluding hydrogens is 400 g/mol. The molecule has 8 N–H and O–H groups in total. The molecule has 0 radical (unpaired) electrons. The lowest BCUT2D eigenvalue weighted by Gasteiger charge is -2.22. The second kappa shape index (κ2) is 13.0. The number of nitrogens with one attached hydrogen (secondary N) is 3. The molecule has 4 atom stereocenters. The molecule has 1 rings (SSSR count). The smallest absolute Gasteiger partial charge is 0.326 e. The molecule has 4 unspecified atom stereocenters. The van der Waals surface area contributed by atoms with E-state index < -0.39 is 46.7 Å². The maximum Gasteiger partial charge on any atom is 0.326 e. The van der Waals surface area contributed by atoms with Crippen LogP contribution in [0.15, 0.2) is 12.5 Å². The molecule has 1 aromatic rings. The average molecular weight is 431 g/mol. The summed E-state index contributed by atoms with van der Waals surface area (Å²) < 4.78 is 11.2. The summed E-state index contributed by atoms with van der Waals surface area (Å²) in [4.78, 5) is 43.2. The van der Waals surface area contributed by atoms with E-state index in [2.05, 4.69) is 20.6 Å². The van der Waals surface area contributed by atoms with Crippen molar-refractivity contribution in [2.75, 3.05) is 18.6 Å². The summed E-state index contributed by atoms with van der Waals surface area (Å²) in [5.74, 6) is -2.12. The zero-order valence-corrected chi connectivity index (χ0v) is 17.2. The van der Waals surface area contributed by atoms with Gasteiger partial charge < -0.3 is 32.2 Å². The summed E-state index contributed by atoms with van der Waals surface area (Å²) in [6, 6.07) is -3.07. The number of imidazole rings is 1. The van der Waals surface area contributed by atoms with Crippen LogP contribution in [0.5, 0.6) is 0 Å². The minimum atomic E-state index is -1.16. The quantitative estimate of drug-likeness (QED) is 0.187. The van der Waals surface area contributed by atoms with Crippen LogP contribution in [0.4, 0.5) is 0 Å². The van der Waals surface area contributed by atoms with Gasteiger partial charge in [-0.05, 0) is 32.2 Å². The van der Waals surface area contributed by atoms with Gasteiger partial charge >= 0.3 is 5.97 Å². The molecule has 11 nitrogen and oxygen atoms in total. The summed E-state index contributed by atoms with van der Waals surface area (Å²) in [5, 5.41) is 14.4. The van der Waals surface area contributed by atoms with Crippen molar-refractivity contribution in [1.29, 1.82) is 0 Å². The maximum absolute atomic E-state index is 12.7. The molecule has 0 aromatic carbocycles. The van der Waals surface area contributed by atoms with Crippen LogP contribution in [0.2, 0.25) is 0 Å². The van der Waals surface area contributed by atoms with Crippen LogP contribution in [0.25, 0.3) is 0 Å². The highest BCUT2D eigenvalue weighted by molar-refractivity contribution is 7.84. The third-order valence-corrected chi connectivity index (χ3v) is 5.04. The molecule has 164 valence electrons. The molecule has 12 heteroatoms. The third-order valence-electron chi connectivity index (χ3n) is 4.23. The average Bonchev–Trinajstić information content (AvgIpc) is 3.17. The fourth-order valence-corrected chi connectivity index (χ4v) is 3.14. The highest BCUT2D eigenvalue weighted by Gasteiger charge is 2.28. The van der Waals surface area contributed by atoms with Gasteiger partial charge in [-0.3, -0.25) is 13.8 Å². The highest BCUT2D eigenvalue weighted by atomic mass is 32.2. The van der Waals surface area contributed by atoms with Gasteiger partial charge in [0.25, 0.3) is 0 Å². The van der Waals surface area contributed by atoms with Crippen molar-refractivity contribution in [3.8, 4) is 0 Å². The number of carboxylic acids is 1. The van der Waals surface area contributed by atoms with Crippen LogP contribution in [-0.4, -0.2) is 73.7 Å². The number of carbonyl (C=O) groups is 3. The second-order valence-corrected chi connectivity index (χ2v) is 8.25. The lowest BCUT2D eigenvalue weighted by atomic mass is 10.1. The second-order valence-electron chi connectivity index (χ2n) is 6.70. The monoisotopic (exact) mass is 430 g/mol. The SMILES string of the molecule is CS(=O)CCC(N)C(=O)NC(Cc1cnc[nH]1)C(=O)NC(CCCCN)C(=O)O. The van der Waals surface area contributed by atoms with Gasteiger partial charge in [0.15, 0.2) is 0 Å². The largest absolute Gasteiger partial charge is 0.480 e.